The number of hydrogen-bond acceptors (Lipinski definition) is 1. The Morgan fingerprint density at radius 1 is 1.24 bits per heavy atom. The van der Waals surface area contributed by atoms with Crippen LogP contribution in [0.4, 0.5) is 0 Å². The molecule has 0 aliphatic heterocycles. The van der Waals surface area contributed by atoms with Gasteiger partial charge in [0.05, 0.1) is 0 Å². The van der Waals surface area contributed by atoms with E-state index in [0.717, 1.165) is 24.9 Å². The number of rotatable bonds is 6. The summed E-state index contributed by atoms with van der Waals surface area (Å²) in [6, 6.07) is 9.15. The summed E-state index contributed by atoms with van der Waals surface area (Å²) >= 11 is 0. The van der Waals surface area contributed by atoms with Gasteiger partial charge < -0.3 is 5.32 Å². The summed E-state index contributed by atoms with van der Waals surface area (Å²) in [5.74, 6) is 1.65. The second-order valence-corrected chi connectivity index (χ2v) is 5.41. The van der Waals surface area contributed by atoms with Crippen LogP contribution in [0.3, 0.4) is 0 Å². The van der Waals surface area contributed by atoms with Crippen molar-refractivity contribution in [2.75, 3.05) is 13.1 Å². The number of aryl methyl sites for hydroxylation is 1. The fourth-order valence-corrected chi connectivity index (χ4v) is 2.65. The van der Waals surface area contributed by atoms with E-state index in [1.807, 2.05) is 0 Å². The van der Waals surface area contributed by atoms with E-state index in [2.05, 4.69) is 43.4 Å². The summed E-state index contributed by atoms with van der Waals surface area (Å²) in [6.45, 7) is 6.70. The molecule has 0 spiro atoms. The van der Waals surface area contributed by atoms with Crippen molar-refractivity contribution in [3.8, 4) is 0 Å². The van der Waals surface area contributed by atoms with Crippen LogP contribution in [-0.4, -0.2) is 13.1 Å². The average molecular weight is 231 g/mol. The Morgan fingerprint density at radius 2 is 1.94 bits per heavy atom. The molecule has 0 aromatic heterocycles. The van der Waals surface area contributed by atoms with Crippen molar-refractivity contribution < 1.29 is 0 Å². The number of hydrogen-bond donors (Lipinski definition) is 1. The second kappa shape index (κ2) is 6.20. The van der Waals surface area contributed by atoms with Crippen molar-refractivity contribution in [2.24, 2.45) is 5.92 Å². The standard InChI is InChI=1S/C16H25N/c1-3-11-17-12-16(14-5-4-6-14)15-9-7-13(2)8-10-15/h7-10,14,16-17H,3-6,11-12H2,1-2H3. The topological polar surface area (TPSA) is 12.0 Å². The zero-order valence-corrected chi connectivity index (χ0v) is 11.2. The van der Waals surface area contributed by atoms with Gasteiger partial charge in [-0.3, -0.25) is 0 Å². The van der Waals surface area contributed by atoms with E-state index < -0.39 is 0 Å². The van der Waals surface area contributed by atoms with Crippen LogP contribution in [-0.2, 0) is 0 Å². The van der Waals surface area contributed by atoms with E-state index in [0.29, 0.717) is 0 Å². The lowest BCUT2D eigenvalue weighted by molar-refractivity contribution is 0.255. The highest BCUT2D eigenvalue weighted by Gasteiger charge is 2.27. The Labute approximate surface area is 106 Å². The molecule has 0 radical (unpaired) electrons. The Bertz CT molecular complexity index is 324. The van der Waals surface area contributed by atoms with Gasteiger partial charge >= 0.3 is 0 Å². The molecule has 1 aliphatic carbocycles. The quantitative estimate of drug-likeness (QED) is 0.733. The summed E-state index contributed by atoms with van der Waals surface area (Å²) < 4.78 is 0. The minimum atomic E-state index is 0.732. The van der Waals surface area contributed by atoms with Gasteiger partial charge in [0.25, 0.3) is 0 Å². The molecule has 1 unspecified atom stereocenters. The second-order valence-electron chi connectivity index (χ2n) is 5.41. The predicted octanol–water partition coefficient (Wildman–Crippen LogP) is 3.88. The Kier molecular flexibility index (Phi) is 4.61. The first-order chi connectivity index (χ1) is 8.31. The van der Waals surface area contributed by atoms with Crippen LogP contribution in [0.25, 0.3) is 0 Å². The van der Waals surface area contributed by atoms with Gasteiger partial charge in [-0.05, 0) is 50.1 Å². The minimum Gasteiger partial charge on any atom is -0.316 e. The molecule has 0 saturated heterocycles. The van der Waals surface area contributed by atoms with Crippen molar-refractivity contribution >= 4 is 0 Å². The summed E-state index contributed by atoms with van der Waals surface area (Å²) in [5, 5.41) is 3.60. The van der Waals surface area contributed by atoms with Gasteiger partial charge in [-0.15, -0.1) is 0 Å². The molecule has 1 saturated carbocycles. The maximum Gasteiger partial charge on any atom is 0.00228 e. The first-order valence-corrected chi connectivity index (χ1v) is 7.08. The van der Waals surface area contributed by atoms with E-state index in [1.165, 1.54) is 36.8 Å². The SMILES string of the molecule is CCCNCC(c1ccc(C)cc1)C1CCC1. The molecule has 1 aromatic carbocycles. The van der Waals surface area contributed by atoms with Crippen molar-refractivity contribution in [3.63, 3.8) is 0 Å². The highest BCUT2D eigenvalue weighted by Crippen LogP contribution is 2.38. The van der Waals surface area contributed by atoms with Gasteiger partial charge in [-0.2, -0.15) is 0 Å². The molecule has 0 amide bonds. The first kappa shape index (κ1) is 12.6. The van der Waals surface area contributed by atoms with Gasteiger partial charge in [-0.25, -0.2) is 0 Å². The van der Waals surface area contributed by atoms with Crippen LogP contribution >= 0.6 is 0 Å². The molecular weight excluding hydrogens is 206 g/mol. The van der Waals surface area contributed by atoms with E-state index in [1.54, 1.807) is 0 Å². The zero-order chi connectivity index (χ0) is 12.1. The lowest BCUT2D eigenvalue weighted by Crippen LogP contribution is -2.30. The number of nitrogens with one attached hydrogen (secondary N) is 1. The smallest absolute Gasteiger partial charge is 0.00228 e. The molecule has 1 aromatic rings. The van der Waals surface area contributed by atoms with E-state index in [4.69, 9.17) is 0 Å². The summed E-state index contributed by atoms with van der Waals surface area (Å²) in [7, 11) is 0. The Balaban J connectivity index is 2.00. The van der Waals surface area contributed by atoms with Crippen molar-refractivity contribution in [1.82, 2.24) is 5.32 Å². The van der Waals surface area contributed by atoms with Crippen molar-refractivity contribution in [2.45, 2.75) is 45.4 Å². The predicted molar refractivity (Wildman–Crippen MR) is 74.4 cm³/mol. The van der Waals surface area contributed by atoms with Crippen LogP contribution in [0.2, 0.25) is 0 Å². The van der Waals surface area contributed by atoms with Gasteiger partial charge in [0.15, 0.2) is 0 Å². The third kappa shape index (κ3) is 3.32. The van der Waals surface area contributed by atoms with Crippen molar-refractivity contribution in [1.29, 1.82) is 0 Å². The molecule has 1 fully saturated rings. The molecule has 1 atom stereocenters. The minimum absolute atomic E-state index is 0.732. The van der Waals surface area contributed by atoms with Crippen LogP contribution in [0.15, 0.2) is 24.3 Å². The third-order valence-corrected chi connectivity index (χ3v) is 4.02. The molecule has 1 aliphatic rings. The van der Waals surface area contributed by atoms with Crippen LogP contribution in [0.1, 0.15) is 49.7 Å². The lowest BCUT2D eigenvalue weighted by atomic mass is 9.73. The van der Waals surface area contributed by atoms with Crippen LogP contribution in [0.5, 0.6) is 0 Å². The van der Waals surface area contributed by atoms with Gasteiger partial charge in [0, 0.05) is 6.54 Å². The molecular formula is C16H25N. The van der Waals surface area contributed by atoms with Gasteiger partial charge in [0.1, 0.15) is 0 Å². The molecule has 1 heteroatoms. The average Bonchev–Trinajstić information content (AvgIpc) is 2.27. The van der Waals surface area contributed by atoms with Crippen molar-refractivity contribution in [3.05, 3.63) is 35.4 Å². The van der Waals surface area contributed by atoms with Crippen LogP contribution < -0.4 is 5.32 Å². The fourth-order valence-electron chi connectivity index (χ4n) is 2.65. The van der Waals surface area contributed by atoms with Crippen LogP contribution in [0, 0.1) is 12.8 Å². The zero-order valence-electron chi connectivity index (χ0n) is 11.2. The summed E-state index contributed by atoms with van der Waals surface area (Å²) in [5.41, 5.74) is 2.89. The molecule has 17 heavy (non-hydrogen) atoms. The maximum atomic E-state index is 3.60. The maximum absolute atomic E-state index is 3.60. The molecule has 94 valence electrons. The monoisotopic (exact) mass is 231 g/mol. The lowest BCUT2D eigenvalue weighted by Gasteiger charge is -2.34. The largest absolute Gasteiger partial charge is 0.316 e. The first-order valence-electron chi connectivity index (χ1n) is 7.08. The Hall–Kier alpha value is -0.820. The molecule has 0 heterocycles. The highest BCUT2D eigenvalue weighted by atomic mass is 14.9. The van der Waals surface area contributed by atoms with E-state index >= 15 is 0 Å². The third-order valence-electron chi connectivity index (χ3n) is 4.02. The molecule has 2 rings (SSSR count). The molecule has 0 bridgehead atoms. The fraction of sp³-hybridized carbons (Fsp3) is 0.625. The van der Waals surface area contributed by atoms with Gasteiger partial charge in [-0.1, -0.05) is 43.2 Å². The molecule has 1 nitrogen and oxygen atoms in total. The summed E-state index contributed by atoms with van der Waals surface area (Å²) in [4.78, 5) is 0. The molecule has 1 N–H and O–H groups in total. The van der Waals surface area contributed by atoms with Gasteiger partial charge in [0.2, 0.25) is 0 Å². The highest BCUT2D eigenvalue weighted by molar-refractivity contribution is 5.25. The number of benzene rings is 1. The summed E-state index contributed by atoms with van der Waals surface area (Å²) in [6.07, 6.45) is 5.50. The normalized spacial score (nSPS) is 17.8. The van der Waals surface area contributed by atoms with E-state index in [9.17, 15) is 0 Å². The Morgan fingerprint density at radius 3 is 2.47 bits per heavy atom. The van der Waals surface area contributed by atoms with E-state index in [-0.39, 0.29) is 0 Å².